The average Bonchev–Trinajstić information content (AvgIpc) is 2.88. The zero-order valence-corrected chi connectivity index (χ0v) is 11.8. The Hall–Kier alpha value is -2.38. The minimum absolute atomic E-state index is 0.376. The van der Waals surface area contributed by atoms with Crippen LogP contribution in [0.5, 0.6) is 5.75 Å². The number of rotatable bonds is 7. The summed E-state index contributed by atoms with van der Waals surface area (Å²) in [5.41, 5.74) is 0. The van der Waals surface area contributed by atoms with Crippen molar-refractivity contribution in [1.82, 2.24) is 20.1 Å². The molecule has 0 amide bonds. The molecule has 2 rings (SSSR count). The molecule has 0 radical (unpaired) electrons. The second-order valence-corrected chi connectivity index (χ2v) is 4.12. The predicted molar refractivity (Wildman–Crippen MR) is 73.7 cm³/mol. The van der Waals surface area contributed by atoms with Crippen LogP contribution >= 0.6 is 0 Å². The van der Waals surface area contributed by atoms with E-state index in [1.165, 1.54) is 6.33 Å². The van der Waals surface area contributed by atoms with Gasteiger partial charge in [-0.25, -0.2) is 9.97 Å². The fourth-order valence-corrected chi connectivity index (χ4v) is 1.63. The molecule has 8 nitrogen and oxygen atoms in total. The quantitative estimate of drug-likeness (QED) is 0.788. The highest BCUT2D eigenvalue weighted by atomic mass is 16.5. The van der Waals surface area contributed by atoms with Gasteiger partial charge >= 0.3 is 0 Å². The number of hydrogen-bond acceptors (Lipinski definition) is 8. The van der Waals surface area contributed by atoms with Crippen LogP contribution in [-0.4, -0.2) is 33.8 Å². The largest absolute Gasteiger partial charge is 0.490 e. The summed E-state index contributed by atoms with van der Waals surface area (Å²) < 4.78 is 10.4. The van der Waals surface area contributed by atoms with Crippen LogP contribution in [0.4, 0.5) is 11.6 Å². The molecular weight excluding hydrogens is 260 g/mol. The van der Waals surface area contributed by atoms with Gasteiger partial charge < -0.3 is 19.9 Å². The van der Waals surface area contributed by atoms with E-state index in [1.54, 1.807) is 14.0 Å². The van der Waals surface area contributed by atoms with E-state index in [4.69, 9.17) is 9.26 Å². The Labute approximate surface area is 117 Å². The maximum absolute atomic E-state index is 5.35. The molecule has 2 heterocycles. The van der Waals surface area contributed by atoms with Crippen LogP contribution in [-0.2, 0) is 6.54 Å². The second kappa shape index (κ2) is 6.69. The van der Waals surface area contributed by atoms with E-state index in [9.17, 15) is 0 Å². The lowest BCUT2D eigenvalue weighted by Gasteiger charge is -2.12. The molecule has 0 atom stereocenters. The molecular formula is C12H18N6O2. The van der Waals surface area contributed by atoms with Crippen LogP contribution < -0.4 is 15.4 Å². The van der Waals surface area contributed by atoms with Gasteiger partial charge in [0.2, 0.25) is 11.6 Å². The molecule has 0 aliphatic rings. The molecule has 0 bridgehead atoms. The Balaban J connectivity index is 2.10. The van der Waals surface area contributed by atoms with E-state index < -0.39 is 0 Å². The van der Waals surface area contributed by atoms with Gasteiger partial charge in [-0.2, -0.15) is 4.98 Å². The molecule has 0 aliphatic heterocycles. The maximum atomic E-state index is 5.35. The van der Waals surface area contributed by atoms with Gasteiger partial charge in [0.05, 0.1) is 13.7 Å². The highest BCUT2D eigenvalue weighted by molar-refractivity contribution is 5.63. The summed E-state index contributed by atoms with van der Waals surface area (Å²) in [6.45, 7) is 5.04. The summed E-state index contributed by atoms with van der Waals surface area (Å²) >= 11 is 0. The summed E-state index contributed by atoms with van der Waals surface area (Å²) in [7, 11) is 1.58. The number of aromatic nitrogens is 4. The second-order valence-electron chi connectivity index (χ2n) is 4.12. The van der Waals surface area contributed by atoms with Gasteiger partial charge in [-0.3, -0.25) is 0 Å². The lowest BCUT2D eigenvalue weighted by atomic mass is 10.4. The lowest BCUT2D eigenvalue weighted by molar-refractivity contribution is 0.378. The van der Waals surface area contributed by atoms with Gasteiger partial charge in [0, 0.05) is 6.54 Å². The van der Waals surface area contributed by atoms with E-state index in [0.29, 0.717) is 35.6 Å². The van der Waals surface area contributed by atoms with Crippen LogP contribution in [0.25, 0.3) is 0 Å². The molecule has 2 N–H and O–H groups in total. The Kier molecular flexibility index (Phi) is 4.70. The monoisotopic (exact) mass is 278 g/mol. The van der Waals surface area contributed by atoms with E-state index in [2.05, 4.69) is 37.7 Å². The van der Waals surface area contributed by atoms with Gasteiger partial charge in [-0.1, -0.05) is 12.1 Å². The van der Waals surface area contributed by atoms with Crippen LogP contribution in [0, 0.1) is 6.92 Å². The molecule has 0 spiro atoms. The van der Waals surface area contributed by atoms with Crippen molar-refractivity contribution in [2.75, 3.05) is 24.3 Å². The molecule has 0 saturated heterocycles. The fraction of sp³-hybridized carbons (Fsp3) is 0.500. The van der Waals surface area contributed by atoms with E-state index in [-0.39, 0.29) is 0 Å². The van der Waals surface area contributed by atoms with Crippen molar-refractivity contribution in [2.45, 2.75) is 26.8 Å². The number of anilines is 2. The number of aryl methyl sites for hydroxylation is 1. The van der Waals surface area contributed by atoms with Gasteiger partial charge in [-0.05, 0) is 13.3 Å². The third kappa shape index (κ3) is 3.34. The van der Waals surface area contributed by atoms with Crippen LogP contribution in [0.3, 0.4) is 0 Å². The van der Waals surface area contributed by atoms with Crippen molar-refractivity contribution in [3.8, 4) is 5.75 Å². The van der Waals surface area contributed by atoms with E-state index in [1.807, 2.05) is 0 Å². The van der Waals surface area contributed by atoms with E-state index in [0.717, 1.165) is 13.0 Å². The Morgan fingerprint density at radius 2 is 2.00 bits per heavy atom. The fourth-order valence-electron chi connectivity index (χ4n) is 1.63. The SMILES string of the molecule is CCCNc1ncnc(NCc2nc(C)no2)c1OC. The molecule has 2 aromatic rings. The first-order chi connectivity index (χ1) is 9.74. The number of nitrogens with one attached hydrogen (secondary N) is 2. The molecule has 0 unspecified atom stereocenters. The number of hydrogen-bond donors (Lipinski definition) is 2. The zero-order valence-electron chi connectivity index (χ0n) is 11.8. The Morgan fingerprint density at radius 1 is 1.25 bits per heavy atom. The summed E-state index contributed by atoms with van der Waals surface area (Å²) in [6, 6.07) is 0. The third-order valence-electron chi connectivity index (χ3n) is 2.53. The summed E-state index contributed by atoms with van der Waals surface area (Å²) in [6.07, 6.45) is 2.47. The zero-order chi connectivity index (χ0) is 14.4. The summed E-state index contributed by atoms with van der Waals surface area (Å²) in [5.74, 6) is 2.90. The van der Waals surface area contributed by atoms with Crippen LogP contribution in [0.15, 0.2) is 10.9 Å². The lowest BCUT2D eigenvalue weighted by Crippen LogP contribution is -2.09. The number of ether oxygens (including phenoxy) is 1. The highest BCUT2D eigenvalue weighted by Gasteiger charge is 2.12. The van der Waals surface area contributed by atoms with Gasteiger partial charge in [0.15, 0.2) is 17.5 Å². The summed E-state index contributed by atoms with van der Waals surface area (Å²) in [5, 5.41) is 10.0. The van der Waals surface area contributed by atoms with Crippen LogP contribution in [0.1, 0.15) is 25.1 Å². The molecule has 0 aliphatic carbocycles. The minimum atomic E-state index is 0.376. The van der Waals surface area contributed by atoms with Gasteiger partial charge in [0.1, 0.15) is 6.33 Å². The average molecular weight is 278 g/mol. The van der Waals surface area contributed by atoms with Crippen LogP contribution in [0.2, 0.25) is 0 Å². The molecule has 0 aromatic carbocycles. The van der Waals surface area contributed by atoms with Crippen molar-refractivity contribution < 1.29 is 9.26 Å². The van der Waals surface area contributed by atoms with Gasteiger partial charge in [0.25, 0.3) is 0 Å². The molecule has 20 heavy (non-hydrogen) atoms. The van der Waals surface area contributed by atoms with E-state index >= 15 is 0 Å². The molecule has 0 saturated carbocycles. The molecule has 108 valence electrons. The third-order valence-corrected chi connectivity index (χ3v) is 2.53. The normalized spacial score (nSPS) is 10.3. The van der Waals surface area contributed by atoms with Gasteiger partial charge in [-0.15, -0.1) is 0 Å². The molecule has 8 heteroatoms. The Bertz CT molecular complexity index is 557. The van der Waals surface area contributed by atoms with Crippen molar-refractivity contribution in [3.63, 3.8) is 0 Å². The smallest absolute Gasteiger partial charge is 0.245 e. The topological polar surface area (TPSA) is 98.0 Å². The first-order valence-electron chi connectivity index (χ1n) is 6.40. The van der Waals surface area contributed by atoms with Crippen molar-refractivity contribution in [1.29, 1.82) is 0 Å². The number of methoxy groups -OCH3 is 1. The van der Waals surface area contributed by atoms with Crippen molar-refractivity contribution >= 4 is 11.6 Å². The predicted octanol–water partition coefficient (Wildman–Crippen LogP) is 1.61. The standard InChI is InChI=1S/C12H18N6O2/c1-4-5-13-11-10(19-3)12(16-7-15-11)14-6-9-17-8(2)18-20-9/h7H,4-6H2,1-3H3,(H2,13,14,15,16). The summed E-state index contributed by atoms with van der Waals surface area (Å²) in [4.78, 5) is 12.4. The molecule has 0 fully saturated rings. The highest BCUT2D eigenvalue weighted by Crippen LogP contribution is 2.29. The van der Waals surface area contributed by atoms with Crippen molar-refractivity contribution in [2.24, 2.45) is 0 Å². The molecule has 2 aromatic heterocycles. The Morgan fingerprint density at radius 3 is 2.60 bits per heavy atom. The first-order valence-corrected chi connectivity index (χ1v) is 6.40. The minimum Gasteiger partial charge on any atom is -0.490 e. The number of nitrogens with zero attached hydrogens (tertiary/aromatic N) is 4. The van der Waals surface area contributed by atoms with Crippen molar-refractivity contribution in [3.05, 3.63) is 18.0 Å². The maximum Gasteiger partial charge on any atom is 0.245 e. The first kappa shape index (κ1) is 14.0.